The van der Waals surface area contributed by atoms with Gasteiger partial charge in [0.05, 0.1) is 0 Å². The van der Waals surface area contributed by atoms with Gasteiger partial charge in [-0.3, -0.25) is 0 Å². The summed E-state index contributed by atoms with van der Waals surface area (Å²) in [5.41, 5.74) is 1.96. The van der Waals surface area contributed by atoms with Gasteiger partial charge in [0, 0.05) is 30.7 Å². The van der Waals surface area contributed by atoms with Crippen molar-refractivity contribution < 1.29 is 0 Å². The van der Waals surface area contributed by atoms with Crippen LogP contribution in [-0.2, 0) is 0 Å². The number of para-hydroxylation sites is 1. The zero-order valence-electron chi connectivity index (χ0n) is 9.78. The van der Waals surface area contributed by atoms with Gasteiger partial charge in [0.15, 0.2) is 0 Å². The zero-order chi connectivity index (χ0) is 10.8. The van der Waals surface area contributed by atoms with Gasteiger partial charge in [0.1, 0.15) is 0 Å². The highest BCUT2D eigenvalue weighted by Crippen LogP contribution is 2.37. The minimum absolute atomic E-state index is 0.564. The molecule has 1 aromatic rings. The van der Waals surface area contributed by atoms with E-state index in [2.05, 4.69) is 40.5 Å². The molecule has 1 unspecified atom stereocenters. The quantitative estimate of drug-likeness (QED) is 0.774. The van der Waals surface area contributed by atoms with Gasteiger partial charge in [-0.05, 0) is 37.9 Å². The summed E-state index contributed by atoms with van der Waals surface area (Å²) in [4.78, 5) is 2.57. The van der Waals surface area contributed by atoms with E-state index in [9.17, 15) is 0 Å². The van der Waals surface area contributed by atoms with Crippen LogP contribution in [0.3, 0.4) is 0 Å². The number of nitrogens with zero attached hydrogens (tertiary/aromatic N) is 1. The van der Waals surface area contributed by atoms with Crippen molar-refractivity contribution in [3.05, 3.63) is 30.3 Å². The molecule has 1 spiro atoms. The van der Waals surface area contributed by atoms with Crippen molar-refractivity contribution in [3.63, 3.8) is 0 Å². The Balaban J connectivity index is 1.77. The van der Waals surface area contributed by atoms with E-state index >= 15 is 0 Å². The van der Waals surface area contributed by atoms with Crippen LogP contribution in [0.2, 0.25) is 0 Å². The van der Waals surface area contributed by atoms with Gasteiger partial charge in [-0.1, -0.05) is 18.2 Å². The number of piperidine rings is 1. The van der Waals surface area contributed by atoms with Crippen molar-refractivity contribution in [1.82, 2.24) is 5.32 Å². The summed E-state index contributed by atoms with van der Waals surface area (Å²) >= 11 is 0. The number of nitrogens with one attached hydrogen (secondary N) is 1. The molecule has 16 heavy (non-hydrogen) atoms. The normalized spacial score (nSPS) is 29.9. The van der Waals surface area contributed by atoms with Crippen molar-refractivity contribution in [3.8, 4) is 0 Å². The summed E-state index contributed by atoms with van der Waals surface area (Å²) in [6.07, 6.45) is 4.11. The second kappa shape index (κ2) is 4.10. The van der Waals surface area contributed by atoms with Crippen LogP contribution in [-0.4, -0.2) is 26.2 Å². The van der Waals surface area contributed by atoms with Crippen molar-refractivity contribution in [2.45, 2.75) is 19.3 Å². The number of benzene rings is 1. The Morgan fingerprint density at radius 3 is 2.75 bits per heavy atom. The van der Waals surface area contributed by atoms with Crippen molar-refractivity contribution in [2.24, 2.45) is 5.41 Å². The number of hydrogen-bond donors (Lipinski definition) is 1. The van der Waals surface area contributed by atoms with E-state index in [4.69, 9.17) is 0 Å². The monoisotopic (exact) mass is 216 g/mol. The standard InChI is InChI=1S/C14H20N2/c1-2-5-13(6-3-1)16-10-4-7-14(12-16)8-9-15-11-14/h1-3,5-6,15H,4,7-12H2. The van der Waals surface area contributed by atoms with Crippen molar-refractivity contribution >= 4 is 5.69 Å². The van der Waals surface area contributed by atoms with Crippen LogP contribution >= 0.6 is 0 Å². The van der Waals surface area contributed by atoms with Crippen LogP contribution in [0.15, 0.2) is 30.3 Å². The first kappa shape index (κ1) is 10.2. The fourth-order valence-electron chi connectivity index (χ4n) is 3.21. The lowest BCUT2D eigenvalue weighted by Gasteiger charge is -2.41. The first-order chi connectivity index (χ1) is 7.88. The fourth-order valence-corrected chi connectivity index (χ4v) is 3.21. The van der Waals surface area contributed by atoms with Crippen LogP contribution in [0, 0.1) is 5.41 Å². The summed E-state index contributed by atoms with van der Waals surface area (Å²) in [5, 5.41) is 3.53. The highest BCUT2D eigenvalue weighted by atomic mass is 15.2. The molecule has 2 saturated heterocycles. The van der Waals surface area contributed by atoms with E-state index in [1.54, 1.807) is 0 Å². The molecule has 2 nitrogen and oxygen atoms in total. The van der Waals surface area contributed by atoms with E-state index in [1.807, 2.05) is 0 Å². The van der Waals surface area contributed by atoms with Crippen LogP contribution in [0.4, 0.5) is 5.69 Å². The molecule has 0 bridgehead atoms. The molecule has 2 fully saturated rings. The van der Waals surface area contributed by atoms with Crippen LogP contribution in [0.1, 0.15) is 19.3 Å². The largest absolute Gasteiger partial charge is 0.371 e. The predicted molar refractivity (Wildman–Crippen MR) is 67.8 cm³/mol. The Kier molecular flexibility index (Phi) is 2.60. The zero-order valence-corrected chi connectivity index (χ0v) is 9.78. The minimum Gasteiger partial charge on any atom is -0.371 e. The summed E-state index contributed by atoms with van der Waals surface area (Å²) in [6, 6.07) is 10.9. The first-order valence-corrected chi connectivity index (χ1v) is 6.39. The summed E-state index contributed by atoms with van der Waals surface area (Å²) in [5.74, 6) is 0. The summed E-state index contributed by atoms with van der Waals surface area (Å²) in [6.45, 7) is 4.90. The van der Waals surface area contributed by atoms with Gasteiger partial charge in [-0.2, -0.15) is 0 Å². The smallest absolute Gasteiger partial charge is 0.0366 e. The SMILES string of the molecule is c1ccc(N2CCCC3(CCNC3)C2)cc1. The van der Waals surface area contributed by atoms with Gasteiger partial charge in [-0.15, -0.1) is 0 Å². The Labute approximate surface area is 97.6 Å². The van der Waals surface area contributed by atoms with Crippen molar-refractivity contribution in [2.75, 3.05) is 31.1 Å². The number of anilines is 1. The van der Waals surface area contributed by atoms with Gasteiger partial charge in [0.25, 0.3) is 0 Å². The molecule has 1 atom stereocenters. The Morgan fingerprint density at radius 2 is 2.00 bits per heavy atom. The average molecular weight is 216 g/mol. The van der Waals surface area contributed by atoms with Gasteiger partial charge in [-0.25, -0.2) is 0 Å². The Bertz CT molecular complexity index is 341. The Hall–Kier alpha value is -1.02. The maximum absolute atomic E-state index is 3.53. The lowest BCUT2D eigenvalue weighted by molar-refractivity contribution is 0.261. The predicted octanol–water partition coefficient (Wildman–Crippen LogP) is 2.27. The highest BCUT2D eigenvalue weighted by Gasteiger charge is 2.37. The number of hydrogen-bond acceptors (Lipinski definition) is 2. The lowest BCUT2D eigenvalue weighted by atomic mass is 9.79. The molecule has 0 radical (unpaired) electrons. The molecule has 2 heterocycles. The van der Waals surface area contributed by atoms with Crippen LogP contribution in [0.25, 0.3) is 0 Å². The molecule has 0 amide bonds. The van der Waals surface area contributed by atoms with Gasteiger partial charge >= 0.3 is 0 Å². The second-order valence-corrected chi connectivity index (χ2v) is 5.29. The minimum atomic E-state index is 0.564. The number of rotatable bonds is 1. The molecule has 0 saturated carbocycles. The maximum atomic E-state index is 3.53. The molecule has 0 aliphatic carbocycles. The summed E-state index contributed by atoms with van der Waals surface area (Å²) in [7, 11) is 0. The van der Waals surface area contributed by atoms with E-state index < -0.39 is 0 Å². The fraction of sp³-hybridized carbons (Fsp3) is 0.571. The average Bonchev–Trinajstić information content (AvgIpc) is 2.78. The molecule has 2 heteroatoms. The molecular weight excluding hydrogens is 196 g/mol. The van der Waals surface area contributed by atoms with Crippen LogP contribution < -0.4 is 10.2 Å². The molecule has 0 aromatic heterocycles. The highest BCUT2D eigenvalue weighted by molar-refractivity contribution is 5.46. The van der Waals surface area contributed by atoms with E-state index in [0.29, 0.717) is 5.41 Å². The Morgan fingerprint density at radius 1 is 1.12 bits per heavy atom. The van der Waals surface area contributed by atoms with Crippen LogP contribution in [0.5, 0.6) is 0 Å². The van der Waals surface area contributed by atoms with E-state index in [0.717, 1.165) is 0 Å². The van der Waals surface area contributed by atoms with E-state index in [-0.39, 0.29) is 0 Å². The van der Waals surface area contributed by atoms with Gasteiger partial charge < -0.3 is 10.2 Å². The molecule has 2 aliphatic rings. The third-order valence-electron chi connectivity index (χ3n) is 4.11. The first-order valence-electron chi connectivity index (χ1n) is 6.39. The summed E-state index contributed by atoms with van der Waals surface area (Å²) < 4.78 is 0. The third-order valence-corrected chi connectivity index (χ3v) is 4.11. The molecule has 1 aromatic carbocycles. The van der Waals surface area contributed by atoms with E-state index in [1.165, 1.54) is 51.1 Å². The molecule has 2 aliphatic heterocycles. The molecule has 1 N–H and O–H groups in total. The molecular formula is C14H20N2. The second-order valence-electron chi connectivity index (χ2n) is 5.29. The van der Waals surface area contributed by atoms with Gasteiger partial charge in [0.2, 0.25) is 0 Å². The van der Waals surface area contributed by atoms with Crippen molar-refractivity contribution in [1.29, 1.82) is 0 Å². The third kappa shape index (κ3) is 1.82. The maximum Gasteiger partial charge on any atom is 0.0366 e. The molecule has 86 valence electrons. The molecule has 3 rings (SSSR count). The lowest BCUT2D eigenvalue weighted by Crippen LogP contribution is -2.44. The topological polar surface area (TPSA) is 15.3 Å².